The van der Waals surface area contributed by atoms with E-state index in [0.717, 1.165) is 12.0 Å². The average molecular weight is 410 g/mol. The molecule has 158 valence electrons. The number of anilines is 2. The van der Waals surface area contributed by atoms with Gasteiger partial charge in [-0.1, -0.05) is 31.2 Å². The first-order valence-corrected chi connectivity index (χ1v) is 9.96. The number of carbonyl (C=O) groups excluding carboxylic acids is 3. The first kappa shape index (κ1) is 21.4. The monoisotopic (exact) mass is 410 g/mol. The molecule has 1 aliphatic rings. The summed E-state index contributed by atoms with van der Waals surface area (Å²) in [6.07, 6.45) is -0.0310. The number of para-hydroxylation sites is 2. The van der Waals surface area contributed by atoms with Crippen LogP contribution in [0.3, 0.4) is 0 Å². The molecule has 1 fully saturated rings. The highest BCUT2D eigenvalue weighted by molar-refractivity contribution is 6.01. The van der Waals surface area contributed by atoms with Gasteiger partial charge in [-0.15, -0.1) is 0 Å². The molecule has 1 N–H and O–H groups in total. The van der Waals surface area contributed by atoms with Crippen molar-refractivity contribution in [3.8, 4) is 5.75 Å². The molecule has 2 amide bonds. The van der Waals surface area contributed by atoms with Gasteiger partial charge in [-0.2, -0.15) is 0 Å². The standard InChI is InChI=1S/C23H26N2O5/c1-4-16-9-11-18(12-10-16)24-22(27)15(2)30-23(28)17-13-21(26)25(14-17)19-7-5-6-8-20(19)29-3/h5-12,15,17H,4,13-14H2,1-3H3,(H,24,27)/t15-,17-/m1/s1. The van der Waals surface area contributed by atoms with Crippen LogP contribution >= 0.6 is 0 Å². The molecule has 0 saturated carbocycles. The van der Waals surface area contributed by atoms with Gasteiger partial charge < -0.3 is 19.7 Å². The van der Waals surface area contributed by atoms with E-state index < -0.39 is 23.9 Å². The van der Waals surface area contributed by atoms with Gasteiger partial charge in [-0.25, -0.2) is 0 Å². The van der Waals surface area contributed by atoms with Gasteiger partial charge in [0.2, 0.25) is 5.91 Å². The van der Waals surface area contributed by atoms with E-state index in [2.05, 4.69) is 12.2 Å². The van der Waals surface area contributed by atoms with Crippen molar-refractivity contribution >= 4 is 29.2 Å². The van der Waals surface area contributed by atoms with E-state index in [0.29, 0.717) is 17.1 Å². The molecular formula is C23H26N2O5. The molecule has 1 saturated heterocycles. The van der Waals surface area contributed by atoms with E-state index in [1.54, 1.807) is 18.2 Å². The lowest BCUT2D eigenvalue weighted by molar-refractivity contribution is -0.157. The number of esters is 1. The van der Waals surface area contributed by atoms with Crippen molar-refractivity contribution in [2.75, 3.05) is 23.9 Å². The van der Waals surface area contributed by atoms with Crippen molar-refractivity contribution < 1.29 is 23.9 Å². The molecule has 7 heteroatoms. The predicted molar refractivity (Wildman–Crippen MR) is 113 cm³/mol. The van der Waals surface area contributed by atoms with Crippen molar-refractivity contribution in [2.24, 2.45) is 5.92 Å². The van der Waals surface area contributed by atoms with Crippen molar-refractivity contribution in [3.05, 3.63) is 54.1 Å². The summed E-state index contributed by atoms with van der Waals surface area (Å²) in [5.74, 6) is -1.25. The molecule has 0 aromatic heterocycles. The maximum atomic E-state index is 12.6. The predicted octanol–water partition coefficient (Wildman–Crippen LogP) is 3.18. The third-order valence-electron chi connectivity index (χ3n) is 5.13. The number of methoxy groups -OCH3 is 1. The molecule has 2 atom stereocenters. The van der Waals surface area contributed by atoms with Crippen LogP contribution in [-0.4, -0.2) is 37.5 Å². The second-order valence-corrected chi connectivity index (χ2v) is 7.20. The van der Waals surface area contributed by atoms with Gasteiger partial charge in [0.05, 0.1) is 18.7 Å². The molecule has 1 heterocycles. The number of amides is 2. The van der Waals surface area contributed by atoms with Gasteiger partial charge in [-0.05, 0) is 43.2 Å². The lowest BCUT2D eigenvalue weighted by atomic mass is 10.1. The van der Waals surface area contributed by atoms with Crippen LogP contribution in [0, 0.1) is 5.92 Å². The lowest BCUT2D eigenvalue weighted by Gasteiger charge is -2.20. The highest BCUT2D eigenvalue weighted by Gasteiger charge is 2.38. The van der Waals surface area contributed by atoms with Crippen LogP contribution in [0.1, 0.15) is 25.8 Å². The van der Waals surface area contributed by atoms with E-state index in [9.17, 15) is 14.4 Å². The summed E-state index contributed by atoms with van der Waals surface area (Å²) in [6.45, 7) is 3.76. The van der Waals surface area contributed by atoms with Crippen molar-refractivity contribution in [1.82, 2.24) is 0 Å². The Morgan fingerprint density at radius 2 is 1.87 bits per heavy atom. The van der Waals surface area contributed by atoms with Crippen LogP contribution in [0.4, 0.5) is 11.4 Å². The van der Waals surface area contributed by atoms with E-state index in [4.69, 9.17) is 9.47 Å². The first-order valence-electron chi connectivity index (χ1n) is 9.96. The molecule has 0 spiro atoms. The van der Waals surface area contributed by atoms with Gasteiger partial charge in [0.25, 0.3) is 5.91 Å². The molecule has 7 nitrogen and oxygen atoms in total. The van der Waals surface area contributed by atoms with Gasteiger partial charge in [-0.3, -0.25) is 14.4 Å². The average Bonchev–Trinajstić information content (AvgIpc) is 3.15. The Hall–Kier alpha value is -3.35. The summed E-state index contributed by atoms with van der Waals surface area (Å²) in [4.78, 5) is 38.9. The van der Waals surface area contributed by atoms with E-state index >= 15 is 0 Å². The Morgan fingerprint density at radius 3 is 2.53 bits per heavy atom. The van der Waals surface area contributed by atoms with Crippen molar-refractivity contribution in [3.63, 3.8) is 0 Å². The van der Waals surface area contributed by atoms with Gasteiger partial charge in [0, 0.05) is 18.7 Å². The largest absolute Gasteiger partial charge is 0.495 e. The zero-order chi connectivity index (χ0) is 21.7. The van der Waals surface area contributed by atoms with Crippen LogP contribution in [-0.2, 0) is 25.5 Å². The molecule has 2 aromatic carbocycles. The number of nitrogens with one attached hydrogen (secondary N) is 1. The number of hydrogen-bond donors (Lipinski definition) is 1. The molecule has 0 unspecified atom stereocenters. The number of hydrogen-bond acceptors (Lipinski definition) is 5. The van der Waals surface area contributed by atoms with Crippen LogP contribution in [0.2, 0.25) is 0 Å². The summed E-state index contributed by atoms with van der Waals surface area (Å²) in [6, 6.07) is 14.6. The third kappa shape index (κ3) is 4.79. The smallest absolute Gasteiger partial charge is 0.312 e. The highest BCUT2D eigenvalue weighted by atomic mass is 16.5. The Bertz CT molecular complexity index is 925. The Kier molecular flexibility index (Phi) is 6.72. The quantitative estimate of drug-likeness (QED) is 0.709. The minimum atomic E-state index is -0.973. The minimum absolute atomic E-state index is 0.0314. The molecule has 3 rings (SSSR count). The van der Waals surface area contributed by atoms with Gasteiger partial charge in [0.1, 0.15) is 5.75 Å². The zero-order valence-corrected chi connectivity index (χ0v) is 17.4. The van der Waals surface area contributed by atoms with Gasteiger partial charge >= 0.3 is 5.97 Å². The van der Waals surface area contributed by atoms with Crippen molar-refractivity contribution in [2.45, 2.75) is 32.8 Å². The van der Waals surface area contributed by atoms with Crippen molar-refractivity contribution in [1.29, 1.82) is 0 Å². The molecule has 0 bridgehead atoms. The summed E-state index contributed by atoms with van der Waals surface area (Å²) in [5, 5.41) is 2.74. The fourth-order valence-corrected chi connectivity index (χ4v) is 3.34. The fraction of sp³-hybridized carbons (Fsp3) is 0.348. The topological polar surface area (TPSA) is 84.9 Å². The maximum absolute atomic E-state index is 12.6. The number of aryl methyl sites for hydroxylation is 1. The maximum Gasteiger partial charge on any atom is 0.312 e. The summed E-state index contributed by atoms with van der Waals surface area (Å²) in [7, 11) is 1.53. The molecule has 0 radical (unpaired) electrons. The first-order chi connectivity index (χ1) is 14.4. The van der Waals surface area contributed by atoms with E-state index in [1.807, 2.05) is 30.3 Å². The highest BCUT2D eigenvalue weighted by Crippen LogP contribution is 2.33. The number of ether oxygens (including phenoxy) is 2. The second kappa shape index (κ2) is 9.43. The van der Waals surface area contributed by atoms with E-state index in [-0.39, 0.29) is 18.9 Å². The molecule has 1 aliphatic heterocycles. The normalized spacial score (nSPS) is 16.8. The second-order valence-electron chi connectivity index (χ2n) is 7.20. The van der Waals surface area contributed by atoms with E-state index in [1.165, 1.54) is 18.9 Å². The van der Waals surface area contributed by atoms with Crippen LogP contribution in [0.5, 0.6) is 5.75 Å². The SMILES string of the molecule is CCc1ccc(NC(=O)[C@@H](C)OC(=O)[C@@H]2CC(=O)N(c3ccccc3OC)C2)cc1. The summed E-state index contributed by atoms with van der Waals surface area (Å²) in [5.41, 5.74) is 2.41. The van der Waals surface area contributed by atoms with Crippen LogP contribution < -0.4 is 15.0 Å². The number of carbonyl (C=O) groups is 3. The number of rotatable bonds is 7. The number of nitrogens with zero attached hydrogens (tertiary/aromatic N) is 1. The lowest BCUT2D eigenvalue weighted by Crippen LogP contribution is -2.33. The molecule has 30 heavy (non-hydrogen) atoms. The Labute approximate surface area is 176 Å². The number of benzene rings is 2. The fourth-order valence-electron chi connectivity index (χ4n) is 3.34. The molecule has 0 aliphatic carbocycles. The molecular weight excluding hydrogens is 384 g/mol. The molecule has 2 aromatic rings. The Morgan fingerprint density at radius 1 is 1.17 bits per heavy atom. The van der Waals surface area contributed by atoms with Crippen LogP contribution in [0.25, 0.3) is 0 Å². The summed E-state index contributed by atoms with van der Waals surface area (Å²) < 4.78 is 10.6. The summed E-state index contributed by atoms with van der Waals surface area (Å²) >= 11 is 0. The third-order valence-corrected chi connectivity index (χ3v) is 5.13. The Balaban J connectivity index is 1.58. The zero-order valence-electron chi connectivity index (χ0n) is 17.4. The van der Waals surface area contributed by atoms with Gasteiger partial charge in [0.15, 0.2) is 6.10 Å². The minimum Gasteiger partial charge on any atom is -0.495 e. The van der Waals surface area contributed by atoms with Crippen LogP contribution in [0.15, 0.2) is 48.5 Å².